The molecule has 0 atom stereocenters. The van der Waals surface area contributed by atoms with E-state index in [1.165, 1.54) is 11.1 Å². The van der Waals surface area contributed by atoms with Gasteiger partial charge in [0.1, 0.15) is 18.1 Å². The lowest BCUT2D eigenvalue weighted by atomic mass is 10.1. The number of rotatable bonds is 9. The van der Waals surface area contributed by atoms with Crippen LogP contribution in [-0.4, -0.2) is 37.1 Å². The Labute approximate surface area is 206 Å². The number of hydrazone groups is 1. The van der Waals surface area contributed by atoms with Gasteiger partial charge in [-0.25, -0.2) is 5.43 Å². The molecule has 0 spiro atoms. The van der Waals surface area contributed by atoms with Crippen molar-refractivity contribution in [2.75, 3.05) is 18.1 Å². The van der Waals surface area contributed by atoms with Crippen LogP contribution in [0.2, 0.25) is 0 Å². The summed E-state index contributed by atoms with van der Waals surface area (Å²) in [4.78, 5) is 38.6. The van der Waals surface area contributed by atoms with Gasteiger partial charge >= 0.3 is 0 Å². The van der Waals surface area contributed by atoms with Crippen LogP contribution in [0.15, 0.2) is 88.6 Å². The number of carbonyl (C=O) groups is 3. The van der Waals surface area contributed by atoms with Crippen LogP contribution in [0, 0.1) is 0 Å². The van der Waals surface area contributed by atoms with Crippen LogP contribution in [0.25, 0.3) is 10.8 Å². The fourth-order valence-corrected chi connectivity index (χ4v) is 3.94. The Balaban J connectivity index is 1.10. The van der Waals surface area contributed by atoms with E-state index >= 15 is 0 Å². The maximum Gasteiger partial charge on any atom is 0.260 e. The topological polar surface area (TPSA) is 113 Å². The highest BCUT2D eigenvalue weighted by Gasteiger charge is 2.30. The summed E-state index contributed by atoms with van der Waals surface area (Å²) in [5, 5.41) is 8.50. The fraction of sp³-hybridized carbons (Fsp3) is 0.111. The van der Waals surface area contributed by atoms with Crippen molar-refractivity contribution in [1.29, 1.82) is 0 Å². The molecule has 9 nitrogen and oxygen atoms in total. The SMILES string of the molecule is O=C(COc1ccc(/C=N/NC(=O)CN2C(=O)c3cccc4cccc2c34)cc1)NCc1ccco1. The molecule has 36 heavy (non-hydrogen) atoms. The molecule has 3 aromatic carbocycles. The van der Waals surface area contributed by atoms with Crippen LogP contribution in [0.5, 0.6) is 5.75 Å². The third-order valence-electron chi connectivity index (χ3n) is 5.64. The maximum absolute atomic E-state index is 12.8. The third kappa shape index (κ3) is 4.95. The Morgan fingerprint density at radius 3 is 2.56 bits per heavy atom. The number of nitrogens with zero attached hydrogens (tertiary/aromatic N) is 2. The first-order chi connectivity index (χ1) is 17.6. The number of amides is 3. The van der Waals surface area contributed by atoms with E-state index in [0.717, 1.165) is 22.0 Å². The quantitative estimate of drug-likeness (QED) is 0.281. The summed E-state index contributed by atoms with van der Waals surface area (Å²) in [6, 6.07) is 21.6. The Hall–Kier alpha value is -4.92. The first-order valence-corrected chi connectivity index (χ1v) is 11.3. The van der Waals surface area contributed by atoms with Crippen molar-refractivity contribution in [2.24, 2.45) is 5.10 Å². The highest BCUT2D eigenvalue weighted by atomic mass is 16.5. The Morgan fingerprint density at radius 2 is 1.78 bits per heavy atom. The van der Waals surface area contributed by atoms with Gasteiger partial charge in [0.15, 0.2) is 6.61 Å². The van der Waals surface area contributed by atoms with E-state index in [0.29, 0.717) is 23.6 Å². The van der Waals surface area contributed by atoms with E-state index in [9.17, 15) is 14.4 Å². The van der Waals surface area contributed by atoms with Gasteiger partial charge in [0, 0.05) is 10.9 Å². The molecule has 2 heterocycles. The monoisotopic (exact) mass is 482 g/mol. The maximum atomic E-state index is 12.8. The molecule has 0 bridgehead atoms. The van der Waals surface area contributed by atoms with Crippen molar-refractivity contribution in [1.82, 2.24) is 10.7 Å². The van der Waals surface area contributed by atoms with Crippen molar-refractivity contribution in [3.63, 3.8) is 0 Å². The first kappa shape index (κ1) is 22.9. The number of furan rings is 1. The first-order valence-electron chi connectivity index (χ1n) is 11.3. The predicted octanol–water partition coefficient (Wildman–Crippen LogP) is 3.24. The molecule has 0 saturated carbocycles. The second kappa shape index (κ2) is 10.1. The van der Waals surface area contributed by atoms with Gasteiger partial charge in [0.2, 0.25) is 0 Å². The third-order valence-corrected chi connectivity index (χ3v) is 5.64. The van der Waals surface area contributed by atoms with Gasteiger partial charge in [-0.05, 0) is 59.5 Å². The molecule has 0 aliphatic carbocycles. The highest BCUT2D eigenvalue weighted by Crippen LogP contribution is 2.36. The average Bonchev–Trinajstić information content (AvgIpc) is 3.51. The predicted molar refractivity (Wildman–Crippen MR) is 134 cm³/mol. The number of anilines is 1. The standard InChI is InChI=1S/C27H22N4O5/c32-24(16-31-23-8-2-5-19-4-1-7-22(26(19)23)27(31)34)30-29-14-18-9-11-20(12-10-18)36-17-25(33)28-15-21-6-3-13-35-21/h1-14H,15-17H2,(H,28,33)(H,30,32)/b29-14+. The largest absolute Gasteiger partial charge is 0.484 e. The van der Waals surface area contributed by atoms with Crippen LogP contribution in [0.3, 0.4) is 0 Å². The molecular formula is C27H22N4O5. The summed E-state index contributed by atoms with van der Waals surface area (Å²) in [5.41, 5.74) is 4.50. The lowest BCUT2D eigenvalue weighted by molar-refractivity contribution is -0.123. The smallest absolute Gasteiger partial charge is 0.260 e. The van der Waals surface area contributed by atoms with Gasteiger partial charge in [-0.15, -0.1) is 0 Å². The van der Waals surface area contributed by atoms with Gasteiger partial charge in [0.25, 0.3) is 17.7 Å². The van der Waals surface area contributed by atoms with Crippen LogP contribution in [-0.2, 0) is 16.1 Å². The summed E-state index contributed by atoms with van der Waals surface area (Å²) in [7, 11) is 0. The van der Waals surface area contributed by atoms with Crippen LogP contribution in [0.1, 0.15) is 21.7 Å². The molecule has 4 aromatic rings. The minimum atomic E-state index is -0.412. The fourth-order valence-electron chi connectivity index (χ4n) is 3.94. The lowest BCUT2D eigenvalue weighted by Gasteiger charge is -2.16. The zero-order valence-corrected chi connectivity index (χ0v) is 19.1. The Morgan fingerprint density at radius 1 is 0.972 bits per heavy atom. The van der Waals surface area contributed by atoms with E-state index in [-0.39, 0.29) is 25.0 Å². The van der Waals surface area contributed by atoms with Crippen LogP contribution < -0.4 is 20.4 Å². The van der Waals surface area contributed by atoms with Gasteiger partial charge < -0.3 is 14.5 Å². The summed E-state index contributed by atoms with van der Waals surface area (Å²) in [5.74, 6) is 0.297. The lowest BCUT2D eigenvalue weighted by Crippen LogP contribution is -2.37. The molecule has 180 valence electrons. The van der Waals surface area contributed by atoms with E-state index in [4.69, 9.17) is 9.15 Å². The van der Waals surface area contributed by atoms with Gasteiger partial charge in [0.05, 0.1) is 24.7 Å². The van der Waals surface area contributed by atoms with Crippen molar-refractivity contribution in [3.05, 3.63) is 95.9 Å². The summed E-state index contributed by atoms with van der Waals surface area (Å²) in [6.45, 7) is 0.0284. The van der Waals surface area contributed by atoms with Crippen molar-refractivity contribution < 1.29 is 23.5 Å². The molecule has 0 fully saturated rings. The zero-order chi connectivity index (χ0) is 24.9. The van der Waals surface area contributed by atoms with Crippen molar-refractivity contribution in [2.45, 2.75) is 6.54 Å². The molecule has 0 saturated heterocycles. The Bertz CT molecular complexity index is 1440. The second-order valence-corrected chi connectivity index (χ2v) is 8.08. The molecule has 5 rings (SSSR count). The number of hydrogen-bond acceptors (Lipinski definition) is 6. The van der Waals surface area contributed by atoms with E-state index < -0.39 is 5.91 Å². The normalized spacial score (nSPS) is 12.3. The second-order valence-electron chi connectivity index (χ2n) is 8.08. The number of ether oxygens (including phenoxy) is 1. The zero-order valence-electron chi connectivity index (χ0n) is 19.1. The molecule has 0 unspecified atom stereocenters. The highest BCUT2D eigenvalue weighted by molar-refractivity contribution is 6.26. The minimum Gasteiger partial charge on any atom is -0.484 e. The average molecular weight is 482 g/mol. The van der Waals surface area contributed by atoms with Crippen LogP contribution in [0.4, 0.5) is 5.69 Å². The summed E-state index contributed by atoms with van der Waals surface area (Å²) in [6.07, 6.45) is 3.03. The van der Waals surface area contributed by atoms with E-state index in [1.807, 2.05) is 30.3 Å². The van der Waals surface area contributed by atoms with Crippen molar-refractivity contribution >= 4 is 40.4 Å². The Kier molecular flexibility index (Phi) is 6.44. The molecule has 3 amide bonds. The number of hydrogen-bond donors (Lipinski definition) is 2. The minimum absolute atomic E-state index is 0.128. The molecule has 1 aliphatic rings. The molecular weight excluding hydrogens is 460 g/mol. The molecule has 1 aliphatic heterocycles. The van der Waals surface area contributed by atoms with Gasteiger partial charge in [-0.2, -0.15) is 5.10 Å². The van der Waals surface area contributed by atoms with Crippen LogP contribution >= 0.6 is 0 Å². The number of benzene rings is 3. The van der Waals surface area contributed by atoms with Crippen molar-refractivity contribution in [3.8, 4) is 5.75 Å². The molecule has 9 heteroatoms. The molecule has 1 aromatic heterocycles. The van der Waals surface area contributed by atoms with Gasteiger partial charge in [-0.3, -0.25) is 19.3 Å². The molecule has 0 radical (unpaired) electrons. The summed E-state index contributed by atoms with van der Waals surface area (Å²) < 4.78 is 10.6. The molecule has 2 N–H and O–H groups in total. The van der Waals surface area contributed by atoms with Gasteiger partial charge in [-0.1, -0.05) is 24.3 Å². The number of nitrogens with one attached hydrogen (secondary N) is 2. The van der Waals surface area contributed by atoms with E-state index in [2.05, 4.69) is 15.8 Å². The summed E-state index contributed by atoms with van der Waals surface area (Å²) >= 11 is 0. The number of carbonyl (C=O) groups excluding carboxylic acids is 3. The van der Waals surface area contributed by atoms with E-state index in [1.54, 1.807) is 48.7 Å².